The van der Waals surface area contributed by atoms with Crippen LogP contribution in [0.5, 0.6) is 0 Å². The van der Waals surface area contributed by atoms with Crippen LogP contribution in [0.25, 0.3) is 0 Å². The first kappa shape index (κ1) is 16.9. The van der Waals surface area contributed by atoms with E-state index in [0.717, 1.165) is 24.8 Å². The van der Waals surface area contributed by atoms with E-state index in [0.29, 0.717) is 31.7 Å². The number of rotatable bonds is 3. The van der Waals surface area contributed by atoms with Crippen LogP contribution in [-0.4, -0.2) is 47.8 Å². The maximum absolute atomic E-state index is 13.2. The number of hydrogen-bond acceptors (Lipinski definition) is 3. The lowest BCUT2D eigenvalue weighted by Crippen LogP contribution is -2.42. The lowest BCUT2D eigenvalue weighted by Gasteiger charge is -2.26. The van der Waals surface area contributed by atoms with Gasteiger partial charge in [0.1, 0.15) is 6.26 Å². The predicted molar refractivity (Wildman–Crippen MR) is 97.9 cm³/mol. The SMILES string of the molecule is Cc1ccc(C2(C(=O)N3CCCN(C(=O)c4ccoc4)CC3)CC2)cc1. The van der Waals surface area contributed by atoms with Gasteiger partial charge in [-0.2, -0.15) is 0 Å². The van der Waals surface area contributed by atoms with Crippen molar-refractivity contribution < 1.29 is 14.0 Å². The number of carbonyl (C=O) groups is 2. The van der Waals surface area contributed by atoms with E-state index in [1.54, 1.807) is 6.07 Å². The molecule has 2 amide bonds. The summed E-state index contributed by atoms with van der Waals surface area (Å²) in [5.41, 5.74) is 2.57. The molecule has 2 heterocycles. The Labute approximate surface area is 153 Å². The topological polar surface area (TPSA) is 53.8 Å². The van der Waals surface area contributed by atoms with Crippen LogP contribution in [0, 0.1) is 6.92 Å². The highest BCUT2D eigenvalue weighted by atomic mass is 16.3. The Bertz CT molecular complexity index is 791. The minimum atomic E-state index is -0.336. The van der Waals surface area contributed by atoms with Crippen LogP contribution in [0.3, 0.4) is 0 Å². The Hall–Kier alpha value is -2.56. The van der Waals surface area contributed by atoms with Crippen molar-refractivity contribution in [2.24, 2.45) is 0 Å². The first-order valence-electron chi connectivity index (χ1n) is 9.28. The molecule has 5 nitrogen and oxygen atoms in total. The van der Waals surface area contributed by atoms with Crippen molar-refractivity contribution in [2.75, 3.05) is 26.2 Å². The molecule has 0 spiro atoms. The van der Waals surface area contributed by atoms with Crippen molar-refractivity contribution in [1.82, 2.24) is 9.80 Å². The second-order valence-corrected chi connectivity index (χ2v) is 7.40. The molecule has 0 radical (unpaired) electrons. The quantitative estimate of drug-likeness (QED) is 0.853. The van der Waals surface area contributed by atoms with Gasteiger partial charge in [0.05, 0.1) is 17.2 Å². The molecule has 1 aromatic heterocycles. The molecule has 0 atom stereocenters. The summed E-state index contributed by atoms with van der Waals surface area (Å²) < 4.78 is 5.02. The fraction of sp³-hybridized carbons (Fsp3) is 0.429. The van der Waals surface area contributed by atoms with E-state index >= 15 is 0 Å². The second-order valence-electron chi connectivity index (χ2n) is 7.40. The van der Waals surface area contributed by atoms with Crippen LogP contribution in [0.15, 0.2) is 47.3 Å². The molecule has 0 bridgehead atoms. The summed E-state index contributed by atoms with van der Waals surface area (Å²) >= 11 is 0. The average molecular weight is 352 g/mol. The molecule has 1 aromatic carbocycles. The number of amides is 2. The first-order chi connectivity index (χ1) is 12.6. The molecule has 1 aliphatic heterocycles. The molecule has 1 saturated heterocycles. The van der Waals surface area contributed by atoms with Crippen molar-refractivity contribution >= 4 is 11.8 Å². The molecular weight excluding hydrogens is 328 g/mol. The third-order valence-corrected chi connectivity index (χ3v) is 5.60. The lowest BCUT2D eigenvalue weighted by atomic mass is 9.93. The fourth-order valence-corrected chi connectivity index (χ4v) is 3.82. The third-order valence-electron chi connectivity index (χ3n) is 5.60. The van der Waals surface area contributed by atoms with Gasteiger partial charge in [0.25, 0.3) is 5.91 Å². The highest BCUT2D eigenvalue weighted by Crippen LogP contribution is 2.49. The second kappa shape index (κ2) is 6.63. The van der Waals surface area contributed by atoms with E-state index in [2.05, 4.69) is 31.2 Å². The molecule has 2 aromatic rings. The van der Waals surface area contributed by atoms with E-state index in [1.165, 1.54) is 18.1 Å². The van der Waals surface area contributed by atoms with E-state index < -0.39 is 0 Å². The molecule has 4 rings (SSSR count). The normalized spacial score (nSPS) is 19.1. The van der Waals surface area contributed by atoms with Gasteiger partial charge in [0.15, 0.2) is 0 Å². The number of benzene rings is 1. The summed E-state index contributed by atoms with van der Waals surface area (Å²) in [4.78, 5) is 29.5. The largest absolute Gasteiger partial charge is 0.472 e. The molecule has 2 aliphatic rings. The Morgan fingerprint density at radius 1 is 0.962 bits per heavy atom. The van der Waals surface area contributed by atoms with Crippen molar-refractivity contribution in [1.29, 1.82) is 0 Å². The summed E-state index contributed by atoms with van der Waals surface area (Å²) in [6.45, 7) is 4.61. The summed E-state index contributed by atoms with van der Waals surface area (Å²) in [7, 11) is 0. The molecule has 5 heteroatoms. The van der Waals surface area contributed by atoms with Crippen molar-refractivity contribution in [3.8, 4) is 0 Å². The smallest absolute Gasteiger partial charge is 0.257 e. The predicted octanol–water partition coefficient (Wildman–Crippen LogP) is 2.99. The monoisotopic (exact) mass is 352 g/mol. The van der Waals surface area contributed by atoms with Gasteiger partial charge < -0.3 is 14.2 Å². The number of aryl methyl sites for hydroxylation is 1. The standard InChI is InChI=1S/C21H24N2O3/c1-16-3-5-18(6-4-16)21(8-9-21)20(25)23-11-2-10-22(12-13-23)19(24)17-7-14-26-15-17/h3-7,14-15H,2,8-13H2,1H3. The maximum atomic E-state index is 13.2. The van der Waals surface area contributed by atoms with Crippen molar-refractivity contribution in [3.05, 3.63) is 59.5 Å². The van der Waals surface area contributed by atoms with Gasteiger partial charge in [-0.3, -0.25) is 9.59 Å². The summed E-state index contributed by atoms with van der Waals surface area (Å²) in [5, 5.41) is 0. The summed E-state index contributed by atoms with van der Waals surface area (Å²) in [6.07, 6.45) is 5.64. The maximum Gasteiger partial charge on any atom is 0.257 e. The molecule has 26 heavy (non-hydrogen) atoms. The van der Waals surface area contributed by atoms with Crippen LogP contribution >= 0.6 is 0 Å². The number of furan rings is 1. The zero-order valence-corrected chi connectivity index (χ0v) is 15.1. The molecule has 2 fully saturated rings. The van der Waals surface area contributed by atoms with Crippen molar-refractivity contribution in [2.45, 2.75) is 31.6 Å². The van der Waals surface area contributed by atoms with Crippen LogP contribution < -0.4 is 0 Å². The Morgan fingerprint density at radius 2 is 1.65 bits per heavy atom. The van der Waals surface area contributed by atoms with Crippen LogP contribution in [0.1, 0.15) is 40.7 Å². The summed E-state index contributed by atoms with van der Waals surface area (Å²) in [5.74, 6) is 0.201. The number of nitrogens with zero attached hydrogens (tertiary/aromatic N) is 2. The van der Waals surface area contributed by atoms with Crippen LogP contribution in [0.2, 0.25) is 0 Å². The van der Waals surface area contributed by atoms with Gasteiger partial charge in [-0.05, 0) is 37.8 Å². The fourth-order valence-electron chi connectivity index (χ4n) is 3.82. The third kappa shape index (κ3) is 3.02. The van der Waals surface area contributed by atoms with Gasteiger partial charge in [0.2, 0.25) is 5.91 Å². The van der Waals surface area contributed by atoms with Crippen LogP contribution in [-0.2, 0) is 10.2 Å². The van der Waals surface area contributed by atoms with E-state index in [1.807, 2.05) is 9.80 Å². The van der Waals surface area contributed by atoms with E-state index in [9.17, 15) is 9.59 Å². The molecule has 1 saturated carbocycles. The minimum absolute atomic E-state index is 0.0206. The van der Waals surface area contributed by atoms with E-state index in [4.69, 9.17) is 4.42 Å². The van der Waals surface area contributed by atoms with Gasteiger partial charge >= 0.3 is 0 Å². The van der Waals surface area contributed by atoms with Crippen molar-refractivity contribution in [3.63, 3.8) is 0 Å². The zero-order valence-electron chi connectivity index (χ0n) is 15.1. The van der Waals surface area contributed by atoms with Gasteiger partial charge in [-0.15, -0.1) is 0 Å². The zero-order chi connectivity index (χ0) is 18.1. The molecule has 0 N–H and O–H groups in total. The Kier molecular flexibility index (Phi) is 4.31. The first-order valence-corrected chi connectivity index (χ1v) is 9.28. The van der Waals surface area contributed by atoms with Gasteiger partial charge in [-0.25, -0.2) is 0 Å². The Morgan fingerprint density at radius 3 is 2.31 bits per heavy atom. The van der Waals surface area contributed by atoms with Gasteiger partial charge in [-0.1, -0.05) is 29.8 Å². The Balaban J connectivity index is 1.45. The summed E-state index contributed by atoms with van der Waals surface area (Å²) in [6, 6.07) is 10.0. The van der Waals surface area contributed by atoms with Crippen LogP contribution in [0.4, 0.5) is 0 Å². The molecule has 0 unspecified atom stereocenters. The highest BCUT2D eigenvalue weighted by molar-refractivity contribution is 5.94. The molecular formula is C21H24N2O3. The average Bonchev–Trinajstić information content (AvgIpc) is 3.35. The molecule has 1 aliphatic carbocycles. The van der Waals surface area contributed by atoms with E-state index in [-0.39, 0.29) is 17.2 Å². The van der Waals surface area contributed by atoms with Gasteiger partial charge in [0, 0.05) is 26.2 Å². The highest BCUT2D eigenvalue weighted by Gasteiger charge is 2.53. The molecule has 136 valence electrons. The lowest BCUT2D eigenvalue weighted by molar-refractivity contribution is -0.133. The number of hydrogen-bond donors (Lipinski definition) is 0. The minimum Gasteiger partial charge on any atom is -0.472 e. The number of carbonyl (C=O) groups excluding carboxylic acids is 2.